The van der Waals surface area contributed by atoms with Crippen LogP contribution in [0, 0.1) is 0 Å². The van der Waals surface area contributed by atoms with Gasteiger partial charge in [-0.2, -0.15) is 0 Å². The van der Waals surface area contributed by atoms with E-state index >= 15 is 0 Å². The van der Waals surface area contributed by atoms with Crippen molar-refractivity contribution in [3.63, 3.8) is 0 Å². The lowest BCUT2D eigenvalue weighted by molar-refractivity contribution is 0.164. The van der Waals surface area contributed by atoms with E-state index in [-0.39, 0.29) is 6.10 Å². The minimum atomic E-state index is 0.268. The average molecular weight is 811 g/mol. The average Bonchev–Trinajstić information content (AvgIpc) is 3.91. The van der Waals surface area contributed by atoms with Gasteiger partial charge in [-0.25, -0.2) is 0 Å². The molecular formula is C60H46N2O. The summed E-state index contributed by atoms with van der Waals surface area (Å²) in [5.74, 6) is 1.54. The van der Waals surface area contributed by atoms with Gasteiger partial charge in [-0.1, -0.05) is 170 Å². The number of benzene rings is 9. The molecule has 302 valence electrons. The molecule has 10 aromatic rings. The monoisotopic (exact) mass is 810 g/mol. The molecule has 1 aromatic heterocycles. The largest absolute Gasteiger partial charge is 0.489 e. The fourth-order valence-corrected chi connectivity index (χ4v) is 10.5. The number of aromatic nitrogens is 1. The van der Waals surface area contributed by atoms with E-state index in [0.717, 1.165) is 51.6 Å². The number of fused-ring (bicyclic) bond motifs is 6. The molecule has 63 heavy (non-hydrogen) atoms. The van der Waals surface area contributed by atoms with Crippen LogP contribution in [-0.4, -0.2) is 10.7 Å². The first-order valence-electron chi connectivity index (χ1n) is 22.4. The van der Waals surface area contributed by atoms with Crippen LogP contribution in [0.25, 0.3) is 72.0 Å². The zero-order valence-corrected chi connectivity index (χ0v) is 35.1. The molecule has 2 aliphatic rings. The molecule has 0 spiro atoms. The van der Waals surface area contributed by atoms with Crippen molar-refractivity contribution in [3.8, 4) is 55.9 Å². The van der Waals surface area contributed by atoms with E-state index < -0.39 is 0 Å². The molecule has 1 aliphatic heterocycles. The van der Waals surface area contributed by atoms with Crippen molar-refractivity contribution in [2.75, 3.05) is 4.90 Å². The van der Waals surface area contributed by atoms with E-state index in [0.29, 0.717) is 5.92 Å². The normalized spacial score (nSPS) is 15.5. The predicted octanol–water partition coefficient (Wildman–Crippen LogP) is 16.3. The van der Waals surface area contributed by atoms with Gasteiger partial charge in [0.2, 0.25) is 0 Å². The van der Waals surface area contributed by atoms with Crippen LogP contribution in [0.5, 0.6) is 5.75 Å². The van der Waals surface area contributed by atoms with Gasteiger partial charge in [0.15, 0.2) is 0 Å². The molecule has 1 saturated carbocycles. The summed E-state index contributed by atoms with van der Waals surface area (Å²) in [6, 6.07) is 79.6. The second kappa shape index (κ2) is 15.7. The van der Waals surface area contributed by atoms with Crippen molar-refractivity contribution in [1.82, 2.24) is 4.57 Å². The summed E-state index contributed by atoms with van der Waals surface area (Å²) in [5, 5.41) is 2.52. The van der Waals surface area contributed by atoms with Gasteiger partial charge in [-0.3, -0.25) is 0 Å². The molecule has 3 heteroatoms. The highest BCUT2D eigenvalue weighted by Crippen LogP contribution is 2.52. The van der Waals surface area contributed by atoms with Crippen molar-refractivity contribution in [1.29, 1.82) is 0 Å². The fourth-order valence-electron chi connectivity index (χ4n) is 10.5. The lowest BCUT2D eigenvalue weighted by atomic mass is 9.82. The van der Waals surface area contributed by atoms with Gasteiger partial charge in [-0.15, -0.1) is 0 Å². The second-order valence-electron chi connectivity index (χ2n) is 17.1. The van der Waals surface area contributed by atoms with Crippen LogP contribution < -0.4 is 9.64 Å². The number of hydrogen-bond acceptors (Lipinski definition) is 2. The second-order valence-corrected chi connectivity index (χ2v) is 17.1. The molecular weight excluding hydrogens is 765 g/mol. The Bertz CT molecular complexity index is 3220. The highest BCUT2D eigenvalue weighted by Gasteiger charge is 2.38. The smallest absolute Gasteiger partial charge is 0.131 e. The highest BCUT2D eigenvalue weighted by molar-refractivity contribution is 6.09. The predicted molar refractivity (Wildman–Crippen MR) is 263 cm³/mol. The van der Waals surface area contributed by atoms with E-state index in [1.807, 2.05) is 0 Å². The number of anilines is 3. The van der Waals surface area contributed by atoms with Gasteiger partial charge in [0.1, 0.15) is 11.9 Å². The van der Waals surface area contributed by atoms with Crippen molar-refractivity contribution in [2.24, 2.45) is 0 Å². The Morgan fingerprint density at radius 2 is 0.952 bits per heavy atom. The zero-order chi connectivity index (χ0) is 41.7. The molecule has 2 heterocycles. The van der Waals surface area contributed by atoms with E-state index in [2.05, 4.69) is 228 Å². The molecule has 2 unspecified atom stereocenters. The standard InChI is InChI=1S/C60H46N2O/c1-2-16-41(17-3-1)44-18-14-19-45(40-44)42-32-36-46(37-33-42)61(56-28-10-7-23-51(56)53-25-15-26-54-52-24-8-13-31-59(52)63-60(53)54)47-38-34-43(35-39-47)48-20-4-9-27-55(48)62-57-29-11-5-21-49(57)50-22-6-12-30-58(50)62/h1-7,9-12,14-23,25-30,32-40,52,59H,8,13,24,31H2. The Morgan fingerprint density at radius 1 is 0.413 bits per heavy atom. The Hall–Kier alpha value is -7.62. The third-order valence-corrected chi connectivity index (χ3v) is 13.4. The van der Waals surface area contributed by atoms with Crippen LogP contribution in [0.15, 0.2) is 218 Å². The van der Waals surface area contributed by atoms with Gasteiger partial charge >= 0.3 is 0 Å². The van der Waals surface area contributed by atoms with E-state index in [4.69, 9.17) is 4.74 Å². The van der Waals surface area contributed by atoms with Crippen LogP contribution in [0.1, 0.15) is 37.2 Å². The lowest BCUT2D eigenvalue weighted by Crippen LogP contribution is -2.22. The molecule has 1 fully saturated rings. The van der Waals surface area contributed by atoms with Gasteiger partial charge in [-0.05, 0) is 102 Å². The lowest BCUT2D eigenvalue weighted by Gasteiger charge is -2.28. The summed E-state index contributed by atoms with van der Waals surface area (Å²) in [5.41, 5.74) is 17.7. The molecule has 9 aromatic carbocycles. The summed E-state index contributed by atoms with van der Waals surface area (Å²) in [6.45, 7) is 0. The van der Waals surface area contributed by atoms with Gasteiger partial charge < -0.3 is 14.2 Å². The maximum absolute atomic E-state index is 6.89. The molecule has 3 nitrogen and oxygen atoms in total. The minimum Gasteiger partial charge on any atom is -0.489 e. The van der Waals surface area contributed by atoms with Crippen LogP contribution in [0.3, 0.4) is 0 Å². The summed E-state index contributed by atoms with van der Waals surface area (Å²) < 4.78 is 9.31. The number of ether oxygens (including phenoxy) is 1. The Balaban J connectivity index is 0.978. The third kappa shape index (κ3) is 6.51. The van der Waals surface area contributed by atoms with Crippen molar-refractivity contribution >= 4 is 38.9 Å². The fraction of sp³-hybridized carbons (Fsp3) is 0.100. The van der Waals surface area contributed by atoms with Crippen LogP contribution in [-0.2, 0) is 0 Å². The number of hydrogen-bond donors (Lipinski definition) is 0. The summed E-state index contributed by atoms with van der Waals surface area (Å²) in [6.07, 6.45) is 5.09. The van der Waals surface area contributed by atoms with E-state index in [9.17, 15) is 0 Å². The molecule has 2 atom stereocenters. The molecule has 0 radical (unpaired) electrons. The highest BCUT2D eigenvalue weighted by atomic mass is 16.5. The molecule has 12 rings (SSSR count). The molecule has 1 aliphatic carbocycles. The van der Waals surface area contributed by atoms with Crippen molar-refractivity contribution in [2.45, 2.75) is 37.7 Å². The minimum absolute atomic E-state index is 0.268. The van der Waals surface area contributed by atoms with Gasteiger partial charge in [0, 0.05) is 50.3 Å². The van der Waals surface area contributed by atoms with Crippen molar-refractivity contribution in [3.05, 3.63) is 224 Å². The van der Waals surface area contributed by atoms with Crippen LogP contribution in [0.2, 0.25) is 0 Å². The molecule has 0 N–H and O–H groups in total. The molecule has 0 bridgehead atoms. The van der Waals surface area contributed by atoms with Crippen LogP contribution in [0.4, 0.5) is 17.1 Å². The Morgan fingerprint density at radius 3 is 1.68 bits per heavy atom. The first-order valence-corrected chi connectivity index (χ1v) is 22.4. The maximum atomic E-state index is 6.89. The third-order valence-electron chi connectivity index (χ3n) is 13.4. The topological polar surface area (TPSA) is 17.4 Å². The number of nitrogens with zero attached hydrogens (tertiary/aromatic N) is 2. The summed E-state index contributed by atoms with van der Waals surface area (Å²) >= 11 is 0. The number of rotatable bonds is 8. The Labute approximate surface area is 369 Å². The molecule has 0 saturated heterocycles. The van der Waals surface area contributed by atoms with Gasteiger partial charge in [0.05, 0.1) is 22.4 Å². The van der Waals surface area contributed by atoms with Gasteiger partial charge in [0.25, 0.3) is 0 Å². The van der Waals surface area contributed by atoms with Crippen molar-refractivity contribution < 1.29 is 4.74 Å². The zero-order valence-electron chi connectivity index (χ0n) is 35.1. The quantitative estimate of drug-likeness (QED) is 0.152. The summed E-state index contributed by atoms with van der Waals surface area (Å²) in [7, 11) is 0. The maximum Gasteiger partial charge on any atom is 0.131 e. The first-order chi connectivity index (χ1) is 31.3. The van der Waals surface area contributed by atoms with E-state index in [1.165, 1.54) is 74.4 Å². The first kappa shape index (κ1) is 37.2. The van der Waals surface area contributed by atoms with Crippen LogP contribution >= 0.6 is 0 Å². The molecule has 0 amide bonds. The SMILES string of the molecule is c1ccc(-c2cccc(-c3ccc(N(c4ccc(-c5ccccc5-n5c6ccccc6c6ccccc65)cc4)c4ccccc4-c4cccc5c4OC4CCCCC54)cc3)c2)cc1. The summed E-state index contributed by atoms with van der Waals surface area (Å²) in [4.78, 5) is 2.42. The Kier molecular flexibility index (Phi) is 9.26. The van der Waals surface area contributed by atoms with E-state index in [1.54, 1.807) is 0 Å². The number of para-hydroxylation sites is 5.